The average Bonchev–Trinajstić information content (AvgIpc) is 3.30. The predicted molar refractivity (Wildman–Crippen MR) is 109 cm³/mol. The Bertz CT molecular complexity index is 1260. The lowest BCUT2D eigenvalue weighted by Crippen LogP contribution is -2.06. The lowest BCUT2D eigenvalue weighted by molar-refractivity contribution is 0.307. The third kappa shape index (κ3) is 2.99. The molecular weight excluding hydrogens is 385 g/mol. The molecule has 4 heterocycles. The number of pyridine rings is 1. The Morgan fingerprint density at radius 3 is 2.87 bits per heavy atom. The van der Waals surface area contributed by atoms with E-state index >= 15 is 0 Å². The molecule has 0 aliphatic carbocycles. The van der Waals surface area contributed by atoms with Crippen LogP contribution in [0.5, 0.6) is 5.75 Å². The van der Waals surface area contributed by atoms with Gasteiger partial charge in [-0.2, -0.15) is 20.1 Å². The van der Waals surface area contributed by atoms with E-state index in [1.165, 1.54) is 16.9 Å². The van der Waals surface area contributed by atoms with Crippen molar-refractivity contribution in [3.05, 3.63) is 59.3 Å². The highest BCUT2D eigenvalue weighted by Crippen LogP contribution is 2.34. The maximum absolute atomic E-state index is 14.0. The third-order valence-corrected chi connectivity index (χ3v) is 5.22. The molecule has 1 aliphatic heterocycles. The van der Waals surface area contributed by atoms with Crippen molar-refractivity contribution in [3.8, 4) is 28.3 Å². The molecule has 0 unspecified atom stereocenters. The van der Waals surface area contributed by atoms with Crippen LogP contribution in [-0.4, -0.2) is 29.8 Å². The molecule has 1 aliphatic rings. The highest BCUT2D eigenvalue weighted by Gasteiger charge is 2.22. The van der Waals surface area contributed by atoms with Crippen molar-refractivity contribution < 1.29 is 9.13 Å². The van der Waals surface area contributed by atoms with Crippen LogP contribution in [0.15, 0.2) is 36.7 Å². The first kappa shape index (κ1) is 18.3. The number of anilines is 1. The zero-order chi connectivity index (χ0) is 20.8. The van der Waals surface area contributed by atoms with Gasteiger partial charge in [-0.25, -0.2) is 9.37 Å². The second kappa shape index (κ2) is 6.94. The summed E-state index contributed by atoms with van der Waals surface area (Å²) in [4.78, 5) is 5.84. The lowest BCUT2D eigenvalue weighted by atomic mass is 9.99. The highest BCUT2D eigenvalue weighted by atomic mass is 19.1. The van der Waals surface area contributed by atoms with E-state index in [9.17, 15) is 4.39 Å². The summed E-state index contributed by atoms with van der Waals surface area (Å²) in [6, 6.07) is 6.43. The molecule has 2 N–H and O–H groups in total. The fraction of sp³-hybridized carbons (Fsp3) is 0.238. The van der Waals surface area contributed by atoms with Crippen LogP contribution in [0, 0.1) is 5.82 Å². The minimum Gasteiger partial charge on any atom is -0.485 e. The van der Waals surface area contributed by atoms with Gasteiger partial charge in [0.05, 0.1) is 17.6 Å². The zero-order valence-electron chi connectivity index (χ0n) is 16.6. The van der Waals surface area contributed by atoms with Crippen LogP contribution in [-0.2, 0) is 26.6 Å². The maximum atomic E-state index is 14.0. The Labute approximate surface area is 172 Å². The molecule has 0 saturated heterocycles. The molecule has 152 valence electrons. The topological polar surface area (TPSA) is 96.7 Å². The number of benzene rings is 1. The number of halogens is 1. The van der Waals surface area contributed by atoms with Gasteiger partial charge in [0.2, 0.25) is 0 Å². The second-order valence-corrected chi connectivity index (χ2v) is 7.19. The summed E-state index contributed by atoms with van der Waals surface area (Å²) in [6.07, 6.45) is 4.08. The number of rotatable bonds is 1. The fourth-order valence-electron chi connectivity index (χ4n) is 3.85. The molecule has 0 amide bonds. The summed E-state index contributed by atoms with van der Waals surface area (Å²) < 4.78 is 21.9. The SMILES string of the molecule is CCn1ncc2c1-c1cnc(N)c(c1)OCc1cc(F)ccc1-c1nn(C)nc1C2. The number of hydrogen-bond donors (Lipinski definition) is 1. The Morgan fingerprint density at radius 2 is 2.03 bits per heavy atom. The summed E-state index contributed by atoms with van der Waals surface area (Å²) >= 11 is 0. The minimum atomic E-state index is -0.346. The summed E-state index contributed by atoms with van der Waals surface area (Å²) in [5.74, 6) is 0.372. The van der Waals surface area contributed by atoms with Crippen molar-refractivity contribution in [1.29, 1.82) is 0 Å². The molecule has 4 aromatic rings. The van der Waals surface area contributed by atoms with Gasteiger partial charge in [-0.3, -0.25) is 4.68 Å². The van der Waals surface area contributed by atoms with Gasteiger partial charge in [-0.05, 0) is 31.2 Å². The molecule has 1 aromatic carbocycles. The second-order valence-electron chi connectivity index (χ2n) is 7.19. The molecule has 0 radical (unpaired) electrons. The molecule has 0 fully saturated rings. The highest BCUT2D eigenvalue weighted by molar-refractivity contribution is 5.70. The number of nitrogens with two attached hydrogens (primary N) is 1. The van der Waals surface area contributed by atoms with Crippen LogP contribution in [0.1, 0.15) is 23.7 Å². The number of ether oxygens (including phenoxy) is 1. The summed E-state index contributed by atoms with van der Waals surface area (Å²) in [6.45, 7) is 2.85. The van der Waals surface area contributed by atoms with Gasteiger partial charge in [0.15, 0.2) is 11.6 Å². The first-order valence-corrected chi connectivity index (χ1v) is 9.66. The van der Waals surface area contributed by atoms with Crippen LogP contribution in [0.4, 0.5) is 10.2 Å². The van der Waals surface area contributed by atoms with Gasteiger partial charge in [-0.15, -0.1) is 0 Å². The smallest absolute Gasteiger partial charge is 0.166 e. The van der Waals surface area contributed by atoms with Gasteiger partial charge in [0.1, 0.15) is 18.1 Å². The fourth-order valence-corrected chi connectivity index (χ4v) is 3.85. The summed E-state index contributed by atoms with van der Waals surface area (Å²) in [5, 5.41) is 13.7. The Balaban J connectivity index is 1.78. The van der Waals surface area contributed by atoms with Gasteiger partial charge in [-0.1, -0.05) is 0 Å². The molecule has 30 heavy (non-hydrogen) atoms. The Kier molecular flexibility index (Phi) is 4.23. The van der Waals surface area contributed by atoms with Gasteiger partial charge < -0.3 is 10.5 Å². The molecule has 0 spiro atoms. The van der Waals surface area contributed by atoms with E-state index in [-0.39, 0.29) is 18.2 Å². The van der Waals surface area contributed by atoms with Crippen LogP contribution < -0.4 is 10.5 Å². The molecule has 5 rings (SSSR count). The number of hydrogen-bond acceptors (Lipinski definition) is 6. The number of fused-ring (bicyclic) bond motifs is 7. The average molecular weight is 405 g/mol. The first-order valence-electron chi connectivity index (χ1n) is 9.66. The normalized spacial score (nSPS) is 12.8. The van der Waals surface area contributed by atoms with E-state index in [1.54, 1.807) is 19.3 Å². The van der Waals surface area contributed by atoms with Crippen molar-refractivity contribution in [2.24, 2.45) is 7.05 Å². The molecule has 3 aromatic heterocycles. The van der Waals surface area contributed by atoms with Crippen molar-refractivity contribution in [1.82, 2.24) is 29.8 Å². The van der Waals surface area contributed by atoms with Gasteiger partial charge >= 0.3 is 0 Å². The van der Waals surface area contributed by atoms with Crippen LogP contribution in [0.3, 0.4) is 0 Å². The summed E-state index contributed by atoms with van der Waals surface area (Å²) in [7, 11) is 1.77. The number of nitrogen functional groups attached to an aromatic ring is 1. The van der Waals surface area contributed by atoms with Crippen molar-refractivity contribution >= 4 is 5.82 Å². The van der Waals surface area contributed by atoms with Crippen LogP contribution >= 0.6 is 0 Å². The Hall–Kier alpha value is -3.75. The number of aryl methyl sites for hydroxylation is 2. The first-order chi connectivity index (χ1) is 14.5. The largest absolute Gasteiger partial charge is 0.485 e. The maximum Gasteiger partial charge on any atom is 0.166 e. The molecule has 8 nitrogen and oxygen atoms in total. The zero-order valence-corrected chi connectivity index (χ0v) is 16.6. The standard InChI is InChI=1S/C21H20FN7O/c1-3-29-20-12(10-25-29)7-17-19(27-28(2)26-17)16-5-4-15(22)6-14(16)11-30-18-8-13(20)9-24-21(18)23/h4-6,8-10H,3,7,11H2,1-2H3,(H2,23,24). The molecular formula is C21H20FN7O. The van der Waals surface area contributed by atoms with Crippen LogP contribution in [0.2, 0.25) is 0 Å². The van der Waals surface area contributed by atoms with E-state index in [0.717, 1.165) is 28.1 Å². The Morgan fingerprint density at radius 1 is 1.17 bits per heavy atom. The van der Waals surface area contributed by atoms with Gasteiger partial charge in [0.25, 0.3) is 0 Å². The monoisotopic (exact) mass is 405 g/mol. The molecule has 2 bridgehead atoms. The van der Waals surface area contributed by atoms with Crippen LogP contribution in [0.25, 0.3) is 22.5 Å². The third-order valence-electron chi connectivity index (χ3n) is 5.22. The van der Waals surface area contributed by atoms with E-state index in [2.05, 4.69) is 20.3 Å². The summed E-state index contributed by atoms with van der Waals surface area (Å²) in [5.41, 5.74) is 11.7. The minimum absolute atomic E-state index is 0.123. The van der Waals surface area contributed by atoms with E-state index < -0.39 is 0 Å². The molecule has 0 saturated carbocycles. The number of aromatic nitrogens is 6. The van der Waals surface area contributed by atoms with E-state index in [0.29, 0.717) is 30.0 Å². The van der Waals surface area contributed by atoms with E-state index in [4.69, 9.17) is 10.5 Å². The van der Waals surface area contributed by atoms with Crippen molar-refractivity contribution in [3.63, 3.8) is 0 Å². The molecule has 0 atom stereocenters. The van der Waals surface area contributed by atoms with E-state index in [1.807, 2.05) is 23.9 Å². The van der Waals surface area contributed by atoms with Crippen molar-refractivity contribution in [2.45, 2.75) is 26.5 Å². The quantitative estimate of drug-likeness (QED) is 0.523. The van der Waals surface area contributed by atoms with Gasteiger partial charge in [0, 0.05) is 48.5 Å². The number of nitrogens with zero attached hydrogens (tertiary/aromatic N) is 6. The molecule has 9 heteroatoms. The lowest BCUT2D eigenvalue weighted by Gasteiger charge is -2.15. The van der Waals surface area contributed by atoms with Crippen molar-refractivity contribution in [2.75, 3.05) is 5.73 Å². The predicted octanol–water partition coefficient (Wildman–Crippen LogP) is 2.97.